The zero-order valence-corrected chi connectivity index (χ0v) is 9.86. The summed E-state index contributed by atoms with van der Waals surface area (Å²) in [4.78, 5) is 2.27. The van der Waals surface area contributed by atoms with Crippen LogP contribution in [0.2, 0.25) is 0 Å². The van der Waals surface area contributed by atoms with E-state index in [1.807, 2.05) is 12.1 Å². The lowest BCUT2D eigenvalue weighted by atomic mass is 10.2. The van der Waals surface area contributed by atoms with Crippen molar-refractivity contribution in [2.75, 3.05) is 24.6 Å². The Morgan fingerprint density at radius 1 is 1.31 bits per heavy atom. The van der Waals surface area contributed by atoms with Gasteiger partial charge in [-0.25, -0.2) is 8.42 Å². The summed E-state index contributed by atoms with van der Waals surface area (Å²) >= 11 is 0. The minimum atomic E-state index is -2.70. The highest BCUT2D eigenvalue weighted by Gasteiger charge is 2.17. The van der Waals surface area contributed by atoms with Crippen molar-refractivity contribution in [3.05, 3.63) is 29.8 Å². The van der Waals surface area contributed by atoms with E-state index < -0.39 is 11.0 Å². The summed E-state index contributed by atoms with van der Waals surface area (Å²) in [5.74, 6) is 0. The van der Waals surface area contributed by atoms with Gasteiger partial charge >= 0.3 is 0 Å². The van der Waals surface area contributed by atoms with Crippen LogP contribution in [0.25, 0.3) is 0 Å². The van der Waals surface area contributed by atoms with Crippen LogP contribution in [0.3, 0.4) is 0 Å². The highest BCUT2D eigenvalue weighted by Crippen LogP contribution is 2.27. The fraction of sp³-hybridized carbons (Fsp3) is 0.455. The molecule has 0 radical (unpaired) electrons. The Morgan fingerprint density at radius 3 is 2.94 bits per heavy atom. The van der Waals surface area contributed by atoms with Gasteiger partial charge in [-0.1, -0.05) is 18.2 Å². The van der Waals surface area contributed by atoms with Gasteiger partial charge in [0, 0.05) is 18.8 Å². The van der Waals surface area contributed by atoms with Gasteiger partial charge in [-0.15, -0.1) is 0 Å². The summed E-state index contributed by atoms with van der Waals surface area (Å²) in [6, 6.07) is 8.33. The third-order valence-electron chi connectivity index (χ3n) is 2.75. The molecule has 0 fully saturated rings. The van der Waals surface area contributed by atoms with Gasteiger partial charge in [-0.2, -0.15) is 0 Å². The lowest BCUT2D eigenvalue weighted by Gasteiger charge is -2.18. The largest absolute Gasteiger partial charge is 0.371 e. The van der Waals surface area contributed by atoms with Gasteiger partial charge in [-0.3, -0.25) is 4.18 Å². The summed E-state index contributed by atoms with van der Waals surface area (Å²) < 4.78 is 24.9. The Kier molecular flexibility index (Phi) is 3.79. The first-order chi connectivity index (χ1) is 7.77. The van der Waals surface area contributed by atoms with Crippen LogP contribution < -0.4 is 4.90 Å². The predicted molar refractivity (Wildman–Crippen MR) is 63.2 cm³/mol. The normalized spacial score (nSPS) is 14.4. The van der Waals surface area contributed by atoms with Crippen LogP contribution in [-0.2, 0) is 21.6 Å². The number of benzene rings is 1. The number of thiol groups is 1. The Morgan fingerprint density at radius 2 is 2.12 bits per heavy atom. The zero-order valence-electron chi connectivity index (χ0n) is 8.96. The fourth-order valence-corrected chi connectivity index (χ4v) is 2.31. The van der Waals surface area contributed by atoms with Crippen molar-refractivity contribution in [3.63, 3.8) is 0 Å². The van der Waals surface area contributed by atoms with E-state index in [0.717, 1.165) is 25.9 Å². The molecular weight excluding hydrogens is 226 g/mol. The monoisotopic (exact) mass is 241 g/mol. The molecule has 16 heavy (non-hydrogen) atoms. The molecule has 1 aliphatic heterocycles. The van der Waals surface area contributed by atoms with Gasteiger partial charge in [0.25, 0.3) is 11.0 Å². The Balaban J connectivity index is 1.84. The number of nitrogens with zero attached hydrogens (tertiary/aromatic N) is 1. The molecule has 0 aliphatic carbocycles. The number of hydrogen-bond acceptors (Lipinski definition) is 4. The Hall–Kier alpha value is -1.07. The van der Waals surface area contributed by atoms with E-state index in [4.69, 9.17) is 0 Å². The lowest BCUT2D eigenvalue weighted by Crippen LogP contribution is -2.22. The molecule has 1 aromatic carbocycles. The first-order valence-electron chi connectivity index (χ1n) is 5.37. The minimum absolute atomic E-state index is 0.275. The number of fused-ring (bicyclic) bond motifs is 1. The molecule has 0 unspecified atom stereocenters. The van der Waals surface area contributed by atoms with Crippen molar-refractivity contribution in [3.8, 4) is 0 Å². The summed E-state index contributed by atoms with van der Waals surface area (Å²) in [6.45, 7) is 2.14. The molecule has 0 saturated heterocycles. The van der Waals surface area contributed by atoms with Gasteiger partial charge < -0.3 is 4.90 Å². The van der Waals surface area contributed by atoms with Crippen LogP contribution in [0.5, 0.6) is 0 Å². The molecule has 1 heterocycles. The average molecular weight is 241 g/mol. The number of hydrogen-bond donors (Lipinski definition) is 1. The van der Waals surface area contributed by atoms with Crippen molar-refractivity contribution < 1.29 is 12.6 Å². The molecule has 2 rings (SSSR count). The molecule has 88 valence electrons. The summed E-state index contributed by atoms with van der Waals surface area (Å²) in [5, 5.41) is 0. The predicted octanol–water partition coefficient (Wildman–Crippen LogP) is 0.982. The molecule has 0 saturated carbocycles. The maximum Gasteiger partial charge on any atom is 0.257 e. The molecule has 4 nitrogen and oxygen atoms in total. The van der Waals surface area contributed by atoms with E-state index in [1.54, 1.807) is 0 Å². The van der Waals surface area contributed by atoms with Gasteiger partial charge in [-0.05, 0) is 24.5 Å². The minimum Gasteiger partial charge on any atom is -0.371 e. The molecule has 0 aromatic heterocycles. The molecular formula is C11H15NO3S. The van der Waals surface area contributed by atoms with Crippen LogP contribution in [0, 0.1) is 0 Å². The molecule has 5 heteroatoms. The summed E-state index contributed by atoms with van der Waals surface area (Å²) in [7, 11) is -2.70. The third-order valence-corrected chi connectivity index (χ3v) is 3.15. The fourth-order valence-electron chi connectivity index (χ4n) is 2.03. The maximum absolute atomic E-state index is 10.2. The van der Waals surface area contributed by atoms with Gasteiger partial charge in [0.15, 0.2) is 0 Å². The Bertz CT molecular complexity index is 423. The van der Waals surface area contributed by atoms with Crippen LogP contribution >= 0.6 is 0 Å². The van der Waals surface area contributed by atoms with Gasteiger partial charge in [0.1, 0.15) is 0 Å². The van der Waals surface area contributed by atoms with E-state index in [2.05, 4.69) is 21.2 Å². The third kappa shape index (κ3) is 2.74. The zero-order chi connectivity index (χ0) is 11.4. The number of anilines is 1. The van der Waals surface area contributed by atoms with E-state index in [1.165, 1.54) is 11.3 Å². The molecule has 1 aromatic rings. The van der Waals surface area contributed by atoms with Crippen molar-refractivity contribution in [1.29, 1.82) is 0 Å². The average Bonchev–Trinajstić information content (AvgIpc) is 2.68. The highest BCUT2D eigenvalue weighted by molar-refractivity contribution is 7.67. The van der Waals surface area contributed by atoms with Crippen molar-refractivity contribution >= 4 is 16.7 Å². The van der Waals surface area contributed by atoms with E-state index in [-0.39, 0.29) is 6.61 Å². The van der Waals surface area contributed by atoms with Gasteiger partial charge in [0.05, 0.1) is 6.61 Å². The van der Waals surface area contributed by atoms with E-state index in [9.17, 15) is 8.42 Å². The van der Waals surface area contributed by atoms with Crippen LogP contribution in [-0.4, -0.2) is 28.1 Å². The lowest BCUT2D eigenvalue weighted by molar-refractivity contribution is 0.327. The summed E-state index contributed by atoms with van der Waals surface area (Å²) in [5.41, 5.74) is 2.65. The molecule has 0 bridgehead atoms. The SMILES string of the molecule is O=[SH](=O)OCCCN1CCc2ccccc21. The van der Waals surface area contributed by atoms with E-state index >= 15 is 0 Å². The number of rotatable bonds is 5. The topological polar surface area (TPSA) is 46.6 Å². The molecule has 0 N–H and O–H groups in total. The maximum atomic E-state index is 10.2. The second-order valence-electron chi connectivity index (χ2n) is 3.78. The first kappa shape index (κ1) is 11.4. The van der Waals surface area contributed by atoms with Crippen molar-refractivity contribution in [1.82, 2.24) is 0 Å². The summed E-state index contributed by atoms with van der Waals surface area (Å²) in [6.07, 6.45) is 1.81. The first-order valence-corrected chi connectivity index (χ1v) is 6.47. The standard InChI is InChI=1S/C11H15NO3S/c13-16(14)15-9-3-7-12-8-6-10-4-1-2-5-11(10)12/h1-2,4-5,16H,3,6-9H2. The Labute approximate surface area is 97.0 Å². The van der Waals surface area contributed by atoms with Crippen LogP contribution in [0.1, 0.15) is 12.0 Å². The molecule has 0 atom stereocenters. The molecule has 0 spiro atoms. The number of para-hydroxylation sites is 1. The smallest absolute Gasteiger partial charge is 0.257 e. The van der Waals surface area contributed by atoms with Crippen LogP contribution in [0.4, 0.5) is 5.69 Å². The molecule has 1 aliphatic rings. The van der Waals surface area contributed by atoms with Crippen LogP contribution in [0.15, 0.2) is 24.3 Å². The second-order valence-corrected chi connectivity index (χ2v) is 4.48. The second kappa shape index (κ2) is 5.32. The molecule has 0 amide bonds. The van der Waals surface area contributed by atoms with Gasteiger partial charge in [0.2, 0.25) is 0 Å². The quantitative estimate of drug-likeness (QED) is 0.616. The van der Waals surface area contributed by atoms with E-state index in [0.29, 0.717) is 0 Å². The van der Waals surface area contributed by atoms with Crippen molar-refractivity contribution in [2.24, 2.45) is 0 Å². The highest BCUT2D eigenvalue weighted by atomic mass is 32.2. The van der Waals surface area contributed by atoms with Crippen molar-refractivity contribution in [2.45, 2.75) is 12.8 Å².